The second kappa shape index (κ2) is 7.47. The van der Waals surface area contributed by atoms with Crippen molar-refractivity contribution >= 4 is 33.0 Å². The minimum atomic E-state index is -0.247. The maximum atomic E-state index is 12.0. The van der Waals surface area contributed by atoms with Gasteiger partial charge in [-0.05, 0) is 48.7 Å². The summed E-state index contributed by atoms with van der Waals surface area (Å²) in [6.45, 7) is 2.45. The molecule has 2 aromatic carbocycles. The van der Waals surface area contributed by atoms with Gasteiger partial charge in [0.2, 0.25) is 0 Å². The maximum Gasteiger partial charge on any atom is 0.251 e. The number of hydrogen-bond acceptors (Lipinski definition) is 4. The lowest BCUT2D eigenvalue weighted by atomic mass is 10.2. The van der Waals surface area contributed by atoms with E-state index in [1.165, 1.54) is 15.0 Å². The molecular weight excluding hydrogens is 320 g/mol. The van der Waals surface area contributed by atoms with E-state index in [0.29, 0.717) is 5.56 Å². The van der Waals surface area contributed by atoms with Gasteiger partial charge in [-0.2, -0.15) is 0 Å². The molecule has 0 radical (unpaired) electrons. The van der Waals surface area contributed by atoms with Crippen molar-refractivity contribution in [3.05, 3.63) is 65.0 Å². The van der Waals surface area contributed by atoms with Gasteiger partial charge < -0.3 is 15.7 Å². The van der Waals surface area contributed by atoms with E-state index in [1.54, 1.807) is 30.4 Å². The second-order valence-electron chi connectivity index (χ2n) is 5.74. The number of fused-ring (bicyclic) bond motifs is 1. The Morgan fingerprint density at radius 2 is 1.92 bits per heavy atom. The lowest BCUT2D eigenvalue weighted by Crippen LogP contribution is -2.34. The first-order valence-electron chi connectivity index (χ1n) is 7.89. The highest BCUT2D eigenvalue weighted by atomic mass is 32.1. The minimum absolute atomic E-state index is 0.0689. The van der Waals surface area contributed by atoms with E-state index in [0.717, 1.165) is 12.2 Å². The lowest BCUT2D eigenvalue weighted by Gasteiger charge is -2.11. The number of rotatable bonds is 6. The quantitative estimate of drug-likeness (QED) is 0.642. The van der Waals surface area contributed by atoms with Gasteiger partial charge in [-0.1, -0.05) is 18.2 Å². The van der Waals surface area contributed by atoms with E-state index in [1.807, 2.05) is 18.2 Å². The standard InChI is InChI=1S/C19H20N2O2S/c1-13(12-22)21-19(23)14-6-8-16(9-7-14)20-11-17-10-15-4-2-3-5-18(15)24-17/h2-10,13,20,22H,11-12H2,1H3,(H,21,23). The summed E-state index contributed by atoms with van der Waals surface area (Å²) >= 11 is 1.78. The van der Waals surface area contributed by atoms with Crippen molar-refractivity contribution in [1.29, 1.82) is 0 Å². The van der Waals surface area contributed by atoms with E-state index in [9.17, 15) is 4.79 Å². The average molecular weight is 340 g/mol. The predicted molar refractivity (Wildman–Crippen MR) is 99.6 cm³/mol. The summed E-state index contributed by atoms with van der Waals surface area (Å²) in [4.78, 5) is 13.2. The summed E-state index contributed by atoms with van der Waals surface area (Å²) in [6.07, 6.45) is 0. The van der Waals surface area contributed by atoms with Crippen LogP contribution in [0.25, 0.3) is 10.1 Å². The molecule has 0 aliphatic heterocycles. The van der Waals surface area contributed by atoms with E-state index < -0.39 is 0 Å². The minimum Gasteiger partial charge on any atom is -0.394 e. The zero-order valence-corrected chi connectivity index (χ0v) is 14.3. The smallest absolute Gasteiger partial charge is 0.251 e. The molecule has 0 aliphatic rings. The molecule has 3 aromatic rings. The summed E-state index contributed by atoms with van der Waals surface area (Å²) in [6, 6.07) is 17.7. The van der Waals surface area contributed by atoms with Crippen LogP contribution in [-0.4, -0.2) is 23.7 Å². The molecule has 124 valence electrons. The van der Waals surface area contributed by atoms with Gasteiger partial charge in [0.1, 0.15) is 0 Å². The van der Waals surface area contributed by atoms with Crippen LogP contribution in [0.3, 0.4) is 0 Å². The summed E-state index contributed by atoms with van der Waals surface area (Å²) in [5, 5.41) is 16.4. The van der Waals surface area contributed by atoms with Crippen LogP contribution in [0.15, 0.2) is 54.6 Å². The molecule has 1 atom stereocenters. The number of anilines is 1. The summed E-state index contributed by atoms with van der Waals surface area (Å²) in [7, 11) is 0. The number of aliphatic hydroxyl groups is 1. The molecule has 0 fully saturated rings. The van der Waals surface area contributed by atoms with Crippen molar-refractivity contribution < 1.29 is 9.90 Å². The zero-order valence-electron chi connectivity index (χ0n) is 13.5. The van der Waals surface area contributed by atoms with Crippen molar-refractivity contribution in [2.24, 2.45) is 0 Å². The molecule has 0 bridgehead atoms. The summed E-state index contributed by atoms with van der Waals surface area (Å²) < 4.78 is 1.29. The molecule has 3 N–H and O–H groups in total. The third kappa shape index (κ3) is 3.93. The van der Waals surface area contributed by atoms with Crippen LogP contribution >= 0.6 is 11.3 Å². The van der Waals surface area contributed by atoms with Crippen LogP contribution < -0.4 is 10.6 Å². The fourth-order valence-electron chi connectivity index (χ4n) is 2.41. The molecule has 1 heterocycles. The van der Waals surface area contributed by atoms with Crippen molar-refractivity contribution in [3.8, 4) is 0 Å². The van der Waals surface area contributed by atoms with Crippen molar-refractivity contribution in [2.45, 2.75) is 19.5 Å². The SMILES string of the molecule is CC(CO)NC(=O)c1ccc(NCc2cc3ccccc3s2)cc1. The number of nitrogens with one attached hydrogen (secondary N) is 2. The molecule has 1 amide bonds. The van der Waals surface area contributed by atoms with Gasteiger partial charge in [-0.25, -0.2) is 0 Å². The molecule has 4 nitrogen and oxygen atoms in total. The number of carbonyl (C=O) groups is 1. The van der Waals surface area contributed by atoms with E-state index in [4.69, 9.17) is 5.11 Å². The number of aliphatic hydroxyl groups excluding tert-OH is 1. The van der Waals surface area contributed by atoms with E-state index in [-0.39, 0.29) is 18.6 Å². The molecule has 1 aromatic heterocycles. The molecule has 5 heteroatoms. The second-order valence-corrected chi connectivity index (χ2v) is 6.91. The topological polar surface area (TPSA) is 61.4 Å². The molecule has 24 heavy (non-hydrogen) atoms. The number of carbonyl (C=O) groups excluding carboxylic acids is 1. The van der Waals surface area contributed by atoms with Gasteiger partial charge in [0, 0.05) is 33.4 Å². The van der Waals surface area contributed by atoms with Crippen LogP contribution in [0.5, 0.6) is 0 Å². The molecule has 0 saturated heterocycles. The highest BCUT2D eigenvalue weighted by Gasteiger charge is 2.08. The fraction of sp³-hybridized carbons (Fsp3) is 0.211. The largest absolute Gasteiger partial charge is 0.394 e. The highest BCUT2D eigenvalue weighted by molar-refractivity contribution is 7.19. The molecule has 0 saturated carbocycles. The maximum absolute atomic E-state index is 12.0. The number of thiophene rings is 1. The van der Waals surface area contributed by atoms with Crippen molar-refractivity contribution in [3.63, 3.8) is 0 Å². The third-order valence-electron chi connectivity index (χ3n) is 3.74. The first kappa shape index (κ1) is 16.5. The average Bonchev–Trinajstić information content (AvgIpc) is 3.03. The monoisotopic (exact) mass is 340 g/mol. The van der Waals surface area contributed by atoms with Crippen molar-refractivity contribution in [1.82, 2.24) is 5.32 Å². The van der Waals surface area contributed by atoms with Gasteiger partial charge in [0.05, 0.1) is 6.61 Å². The zero-order chi connectivity index (χ0) is 16.9. The lowest BCUT2D eigenvalue weighted by molar-refractivity contribution is 0.0922. The van der Waals surface area contributed by atoms with Gasteiger partial charge in [0.25, 0.3) is 5.91 Å². The summed E-state index contributed by atoms with van der Waals surface area (Å²) in [5.74, 6) is -0.174. The molecule has 0 spiro atoms. The molecule has 3 rings (SSSR count). The highest BCUT2D eigenvalue weighted by Crippen LogP contribution is 2.25. The van der Waals surface area contributed by atoms with Crippen LogP contribution in [0, 0.1) is 0 Å². The normalized spacial score (nSPS) is 12.1. The Kier molecular flexibility index (Phi) is 5.13. The van der Waals surface area contributed by atoms with Crippen LogP contribution in [0.4, 0.5) is 5.69 Å². The van der Waals surface area contributed by atoms with E-state index >= 15 is 0 Å². The first-order valence-corrected chi connectivity index (χ1v) is 8.70. The Bertz CT molecular complexity index is 794. The number of hydrogen-bond donors (Lipinski definition) is 3. The molecule has 1 unspecified atom stereocenters. The predicted octanol–water partition coefficient (Wildman–Crippen LogP) is 3.62. The van der Waals surface area contributed by atoms with Gasteiger partial charge in [0.15, 0.2) is 0 Å². The Balaban J connectivity index is 1.60. The van der Waals surface area contributed by atoms with Gasteiger partial charge in [-0.15, -0.1) is 11.3 Å². The molecule has 0 aliphatic carbocycles. The Hall–Kier alpha value is -2.37. The Morgan fingerprint density at radius 3 is 2.62 bits per heavy atom. The van der Waals surface area contributed by atoms with Crippen LogP contribution in [0.1, 0.15) is 22.2 Å². The van der Waals surface area contributed by atoms with Gasteiger partial charge in [-0.3, -0.25) is 4.79 Å². The Morgan fingerprint density at radius 1 is 1.17 bits per heavy atom. The molecular formula is C19H20N2O2S. The van der Waals surface area contributed by atoms with Crippen LogP contribution in [0.2, 0.25) is 0 Å². The van der Waals surface area contributed by atoms with E-state index in [2.05, 4.69) is 34.9 Å². The number of amides is 1. The van der Waals surface area contributed by atoms with Crippen molar-refractivity contribution in [2.75, 3.05) is 11.9 Å². The number of benzene rings is 2. The Labute approximate surface area is 145 Å². The van der Waals surface area contributed by atoms with Crippen LogP contribution in [-0.2, 0) is 6.54 Å². The fourth-order valence-corrected chi connectivity index (χ4v) is 3.41. The summed E-state index contributed by atoms with van der Waals surface area (Å²) in [5.41, 5.74) is 1.56. The first-order chi connectivity index (χ1) is 11.7. The van der Waals surface area contributed by atoms with Gasteiger partial charge >= 0.3 is 0 Å². The third-order valence-corrected chi connectivity index (χ3v) is 4.86.